The molecule has 0 fully saturated rings. The van der Waals surface area contributed by atoms with Gasteiger partial charge < -0.3 is 4.98 Å². The lowest BCUT2D eigenvalue weighted by molar-refractivity contribution is 0.318. The number of nitrogens with one attached hydrogen (secondary N) is 1. The Bertz CT molecular complexity index is 860. The van der Waals surface area contributed by atoms with Crippen molar-refractivity contribution in [3.05, 3.63) is 36.2 Å². The second kappa shape index (κ2) is 6.33. The van der Waals surface area contributed by atoms with E-state index in [0.29, 0.717) is 6.54 Å². The molecule has 0 radical (unpaired) electrons. The van der Waals surface area contributed by atoms with E-state index in [-0.39, 0.29) is 5.75 Å². The fraction of sp³-hybridized carbons (Fsp3) is 0.500. The fourth-order valence-electron chi connectivity index (χ4n) is 2.94. The van der Waals surface area contributed by atoms with Gasteiger partial charge in [0.1, 0.15) is 5.65 Å². The van der Waals surface area contributed by atoms with Crippen LogP contribution in [0.15, 0.2) is 30.6 Å². The molecule has 2 aromatic rings. The number of nitrogens with zero attached hydrogens (tertiary/aromatic N) is 2. The number of rotatable bonds is 4. The van der Waals surface area contributed by atoms with Crippen molar-refractivity contribution >= 4 is 26.4 Å². The van der Waals surface area contributed by atoms with Crippen LogP contribution in [0.3, 0.4) is 0 Å². The highest BCUT2D eigenvalue weighted by atomic mass is 32.2. The van der Waals surface area contributed by atoms with E-state index in [0.717, 1.165) is 30.5 Å². The molecule has 3 heterocycles. The molecule has 3 rings (SSSR count). The van der Waals surface area contributed by atoms with Crippen molar-refractivity contribution in [2.24, 2.45) is 0 Å². The molecule has 6 heteroatoms. The summed E-state index contributed by atoms with van der Waals surface area (Å²) in [5.74, 6) is 0.219. The SMILES string of the molecule is CC(C)(C)S(=O)(=O)CCN1CC=C(c2c[nH]c3ncccc23)CC1. The number of hydrogen-bond acceptors (Lipinski definition) is 4. The Morgan fingerprint density at radius 1 is 1.33 bits per heavy atom. The van der Waals surface area contributed by atoms with E-state index in [1.54, 1.807) is 27.0 Å². The van der Waals surface area contributed by atoms with Gasteiger partial charge in [0.15, 0.2) is 9.84 Å². The maximum absolute atomic E-state index is 12.2. The molecule has 24 heavy (non-hydrogen) atoms. The van der Waals surface area contributed by atoms with Crippen molar-refractivity contribution in [3.63, 3.8) is 0 Å². The van der Waals surface area contributed by atoms with E-state index in [1.165, 1.54) is 11.1 Å². The first-order valence-corrected chi connectivity index (χ1v) is 9.99. The number of sulfone groups is 1. The predicted octanol–water partition coefficient (Wildman–Crippen LogP) is 2.87. The molecule has 1 aliphatic heterocycles. The summed E-state index contributed by atoms with van der Waals surface area (Å²) in [7, 11) is -3.06. The second-order valence-corrected chi connectivity index (χ2v) is 10.2. The molecular formula is C18H25N3O2S. The lowest BCUT2D eigenvalue weighted by Gasteiger charge is -2.27. The summed E-state index contributed by atoms with van der Waals surface area (Å²) in [5, 5.41) is 1.15. The Morgan fingerprint density at radius 2 is 2.12 bits per heavy atom. The zero-order valence-electron chi connectivity index (χ0n) is 14.5. The Balaban J connectivity index is 1.67. The number of aromatic nitrogens is 2. The van der Waals surface area contributed by atoms with Gasteiger partial charge in [-0.3, -0.25) is 4.90 Å². The molecule has 0 saturated carbocycles. The molecule has 2 aromatic heterocycles. The highest BCUT2D eigenvalue weighted by Crippen LogP contribution is 2.28. The molecule has 0 aromatic carbocycles. The van der Waals surface area contributed by atoms with Crippen molar-refractivity contribution in [1.82, 2.24) is 14.9 Å². The summed E-state index contributed by atoms with van der Waals surface area (Å²) in [6.07, 6.45) is 6.94. The lowest BCUT2D eigenvalue weighted by Crippen LogP contribution is -2.38. The summed E-state index contributed by atoms with van der Waals surface area (Å²) in [6, 6.07) is 4.03. The van der Waals surface area contributed by atoms with Crippen molar-refractivity contribution < 1.29 is 8.42 Å². The molecule has 0 spiro atoms. The number of hydrogen-bond donors (Lipinski definition) is 1. The van der Waals surface area contributed by atoms with E-state index < -0.39 is 14.6 Å². The van der Waals surface area contributed by atoms with Gasteiger partial charge in [0.2, 0.25) is 0 Å². The summed E-state index contributed by atoms with van der Waals surface area (Å²) in [4.78, 5) is 9.75. The van der Waals surface area contributed by atoms with Crippen LogP contribution in [0, 0.1) is 0 Å². The predicted molar refractivity (Wildman–Crippen MR) is 98.7 cm³/mol. The van der Waals surface area contributed by atoms with E-state index in [1.807, 2.05) is 12.3 Å². The third-order valence-corrected chi connectivity index (χ3v) is 7.29. The number of aromatic amines is 1. The largest absolute Gasteiger partial charge is 0.346 e. The molecule has 0 amide bonds. The summed E-state index contributed by atoms with van der Waals surface area (Å²) in [5.41, 5.74) is 3.43. The molecule has 0 atom stereocenters. The summed E-state index contributed by atoms with van der Waals surface area (Å²) in [6.45, 7) is 7.57. The molecule has 0 aliphatic carbocycles. The molecule has 0 saturated heterocycles. The van der Waals surface area contributed by atoms with Crippen LogP contribution in [0.5, 0.6) is 0 Å². The summed E-state index contributed by atoms with van der Waals surface area (Å²) >= 11 is 0. The van der Waals surface area contributed by atoms with Gasteiger partial charge in [-0.15, -0.1) is 0 Å². The highest BCUT2D eigenvalue weighted by Gasteiger charge is 2.29. The van der Waals surface area contributed by atoms with E-state index in [2.05, 4.69) is 27.0 Å². The van der Waals surface area contributed by atoms with Crippen molar-refractivity contribution in [2.45, 2.75) is 31.9 Å². The highest BCUT2D eigenvalue weighted by molar-refractivity contribution is 7.92. The Hall–Kier alpha value is -1.66. The van der Waals surface area contributed by atoms with Crippen LogP contribution in [0.1, 0.15) is 32.8 Å². The minimum atomic E-state index is -3.06. The molecule has 130 valence electrons. The zero-order valence-corrected chi connectivity index (χ0v) is 15.4. The van der Waals surface area contributed by atoms with Crippen LogP contribution in [0.4, 0.5) is 0 Å². The van der Waals surface area contributed by atoms with Gasteiger partial charge in [0.25, 0.3) is 0 Å². The monoisotopic (exact) mass is 347 g/mol. The van der Waals surface area contributed by atoms with Crippen LogP contribution in [0.2, 0.25) is 0 Å². The van der Waals surface area contributed by atoms with Crippen molar-refractivity contribution in [2.75, 3.05) is 25.4 Å². The molecule has 0 unspecified atom stereocenters. The first-order chi connectivity index (χ1) is 11.3. The molecule has 1 aliphatic rings. The van der Waals surface area contributed by atoms with Gasteiger partial charge in [-0.25, -0.2) is 13.4 Å². The average Bonchev–Trinajstić information content (AvgIpc) is 2.96. The molecule has 1 N–H and O–H groups in total. The lowest BCUT2D eigenvalue weighted by atomic mass is 10.00. The fourth-order valence-corrected chi connectivity index (χ4v) is 4.05. The number of pyridine rings is 1. The quantitative estimate of drug-likeness (QED) is 0.923. The van der Waals surface area contributed by atoms with E-state index in [9.17, 15) is 8.42 Å². The van der Waals surface area contributed by atoms with Gasteiger partial charge in [0, 0.05) is 43.0 Å². The van der Waals surface area contributed by atoms with Crippen LogP contribution in [-0.4, -0.2) is 53.4 Å². The Morgan fingerprint density at radius 3 is 2.79 bits per heavy atom. The van der Waals surface area contributed by atoms with Gasteiger partial charge >= 0.3 is 0 Å². The minimum absolute atomic E-state index is 0.219. The minimum Gasteiger partial charge on any atom is -0.346 e. The maximum Gasteiger partial charge on any atom is 0.156 e. The second-order valence-electron chi connectivity index (χ2n) is 7.31. The molecule has 5 nitrogen and oxygen atoms in total. The molecule has 0 bridgehead atoms. The van der Waals surface area contributed by atoms with Gasteiger partial charge in [0.05, 0.1) is 10.5 Å². The Labute approximate surface area is 143 Å². The number of H-pyrrole nitrogens is 1. The third-order valence-electron chi connectivity index (χ3n) is 4.70. The normalized spacial score (nSPS) is 17.2. The van der Waals surface area contributed by atoms with E-state index in [4.69, 9.17) is 0 Å². The van der Waals surface area contributed by atoms with Crippen molar-refractivity contribution in [3.8, 4) is 0 Å². The maximum atomic E-state index is 12.2. The van der Waals surface area contributed by atoms with Crippen LogP contribution < -0.4 is 0 Å². The van der Waals surface area contributed by atoms with Crippen LogP contribution in [0.25, 0.3) is 16.6 Å². The third kappa shape index (κ3) is 3.39. The number of fused-ring (bicyclic) bond motifs is 1. The van der Waals surface area contributed by atoms with Crippen LogP contribution >= 0.6 is 0 Å². The van der Waals surface area contributed by atoms with Gasteiger partial charge in [-0.05, 0) is 44.9 Å². The summed E-state index contributed by atoms with van der Waals surface area (Å²) < 4.78 is 23.8. The zero-order chi connectivity index (χ0) is 17.4. The first kappa shape index (κ1) is 17.2. The standard InChI is InChI=1S/C18H25N3O2S/c1-18(2,3)24(22,23)12-11-21-9-6-14(7-10-21)16-13-20-17-15(16)5-4-8-19-17/h4-6,8,13H,7,9-12H2,1-3H3,(H,19,20). The Kier molecular flexibility index (Phi) is 4.53. The first-order valence-electron chi connectivity index (χ1n) is 8.34. The van der Waals surface area contributed by atoms with Gasteiger partial charge in [-0.1, -0.05) is 6.08 Å². The van der Waals surface area contributed by atoms with Gasteiger partial charge in [-0.2, -0.15) is 0 Å². The molecular weight excluding hydrogens is 322 g/mol. The average molecular weight is 347 g/mol. The van der Waals surface area contributed by atoms with Crippen molar-refractivity contribution in [1.29, 1.82) is 0 Å². The smallest absolute Gasteiger partial charge is 0.156 e. The van der Waals surface area contributed by atoms with Crippen LogP contribution in [-0.2, 0) is 9.84 Å². The van der Waals surface area contributed by atoms with E-state index >= 15 is 0 Å². The topological polar surface area (TPSA) is 66.1 Å².